The molecule has 0 saturated heterocycles. The van der Waals surface area contributed by atoms with Gasteiger partial charge in [-0.3, -0.25) is 9.69 Å². The normalized spacial score (nSPS) is 22.7. The zero-order valence-corrected chi connectivity index (χ0v) is 17.5. The molecule has 3 aliphatic heterocycles. The third kappa shape index (κ3) is 3.02. The first-order valence-corrected chi connectivity index (χ1v) is 10.6. The van der Waals surface area contributed by atoms with Crippen molar-refractivity contribution in [2.24, 2.45) is 21.7 Å². The van der Waals surface area contributed by atoms with Gasteiger partial charge in [-0.25, -0.2) is 4.99 Å². The van der Waals surface area contributed by atoms with Crippen LogP contribution in [0.2, 0.25) is 0 Å². The number of nitrogens with zero attached hydrogens (tertiary/aromatic N) is 5. The zero-order valence-electron chi connectivity index (χ0n) is 16.6. The molecule has 0 radical (unpaired) electrons. The summed E-state index contributed by atoms with van der Waals surface area (Å²) in [6.07, 6.45) is 0. The van der Waals surface area contributed by atoms with E-state index in [0.29, 0.717) is 33.7 Å². The van der Waals surface area contributed by atoms with E-state index in [1.807, 2.05) is 73.0 Å². The predicted molar refractivity (Wildman–Crippen MR) is 121 cm³/mol. The molecule has 3 heterocycles. The summed E-state index contributed by atoms with van der Waals surface area (Å²) < 4.78 is 0. The lowest BCUT2D eigenvalue weighted by atomic mass is 9.96. The number of nitriles is 1. The number of fused-ring (bicyclic) bond motifs is 1. The number of thioether (sulfide) groups is 1. The smallest absolute Gasteiger partial charge is 0.262 e. The maximum atomic E-state index is 13.3. The van der Waals surface area contributed by atoms with E-state index >= 15 is 0 Å². The van der Waals surface area contributed by atoms with Gasteiger partial charge in [0.05, 0.1) is 22.7 Å². The maximum absolute atomic E-state index is 13.3. The van der Waals surface area contributed by atoms with Crippen LogP contribution in [0.1, 0.15) is 18.5 Å². The fourth-order valence-electron chi connectivity index (χ4n) is 3.95. The highest BCUT2D eigenvalue weighted by molar-refractivity contribution is 8.16. The molecule has 7 nitrogen and oxygen atoms in total. The Bertz CT molecular complexity index is 1230. The Balaban J connectivity index is 1.50. The monoisotopic (exact) mass is 426 g/mol. The molecule has 0 spiro atoms. The zero-order chi connectivity index (χ0) is 21.5. The van der Waals surface area contributed by atoms with Gasteiger partial charge in [-0.05, 0) is 24.6 Å². The van der Waals surface area contributed by atoms with Crippen LogP contribution >= 0.6 is 11.8 Å². The van der Waals surface area contributed by atoms with Gasteiger partial charge >= 0.3 is 0 Å². The van der Waals surface area contributed by atoms with Crippen LogP contribution < -0.4 is 10.7 Å². The molecular formula is C23H18N6OS. The third-order valence-corrected chi connectivity index (χ3v) is 6.29. The van der Waals surface area contributed by atoms with E-state index in [2.05, 4.69) is 11.2 Å². The van der Waals surface area contributed by atoms with Crippen LogP contribution in [0, 0.1) is 17.2 Å². The summed E-state index contributed by atoms with van der Waals surface area (Å²) in [7, 11) is 0. The summed E-state index contributed by atoms with van der Waals surface area (Å²) in [4.78, 5) is 19.8. The molecule has 0 saturated carbocycles. The highest BCUT2D eigenvalue weighted by atomic mass is 32.2. The molecule has 1 amide bonds. The van der Waals surface area contributed by atoms with Crippen molar-refractivity contribution in [1.82, 2.24) is 4.90 Å². The largest absolute Gasteiger partial charge is 0.384 e. The van der Waals surface area contributed by atoms with Crippen molar-refractivity contribution in [2.45, 2.75) is 13.0 Å². The highest BCUT2D eigenvalue weighted by Crippen LogP contribution is 2.43. The number of amides is 1. The number of para-hydroxylation sites is 1. The molecule has 0 aromatic heterocycles. The summed E-state index contributed by atoms with van der Waals surface area (Å²) in [5, 5.41) is 18.3. The fourth-order valence-corrected chi connectivity index (χ4v) is 4.89. The Kier molecular flexibility index (Phi) is 4.60. The lowest BCUT2D eigenvalue weighted by Gasteiger charge is -2.31. The second-order valence-electron chi connectivity index (χ2n) is 7.29. The van der Waals surface area contributed by atoms with Crippen LogP contribution in [-0.2, 0) is 4.79 Å². The van der Waals surface area contributed by atoms with Gasteiger partial charge in [-0.15, -0.1) is 0 Å². The number of hydrazone groups is 1. The van der Waals surface area contributed by atoms with Crippen LogP contribution in [0.3, 0.4) is 0 Å². The van der Waals surface area contributed by atoms with Crippen LogP contribution in [0.5, 0.6) is 0 Å². The minimum atomic E-state index is -0.591. The molecule has 31 heavy (non-hydrogen) atoms. The number of carbonyl (C=O) groups excluding carboxylic acids is 1. The summed E-state index contributed by atoms with van der Waals surface area (Å²) in [6, 6.07) is 20.7. The van der Waals surface area contributed by atoms with E-state index in [1.165, 1.54) is 16.8 Å². The van der Waals surface area contributed by atoms with E-state index < -0.39 is 12.0 Å². The van der Waals surface area contributed by atoms with Crippen LogP contribution in [-0.4, -0.2) is 21.7 Å². The van der Waals surface area contributed by atoms with Gasteiger partial charge in [0.15, 0.2) is 5.17 Å². The summed E-state index contributed by atoms with van der Waals surface area (Å²) in [5.74, 6) is -0.447. The van der Waals surface area contributed by atoms with Crippen molar-refractivity contribution in [3.05, 3.63) is 88.7 Å². The second kappa shape index (κ2) is 7.45. The molecule has 2 aromatic carbocycles. The van der Waals surface area contributed by atoms with Gasteiger partial charge in [0, 0.05) is 5.41 Å². The Hall–Kier alpha value is -3.83. The number of amidine groups is 1. The standard InChI is InChI=1S/C23H18N6OS/c1-14-19(22(30)29(27-14)16-10-6-3-7-11-16)18-13-31-23-26-20(15-8-4-2-5-9-15)17(12-24)21(25)28(18)23/h2-11,13,19-20H,25H2,1H3. The molecule has 0 aliphatic carbocycles. The molecule has 2 aromatic rings. The third-order valence-electron chi connectivity index (χ3n) is 5.43. The van der Waals surface area contributed by atoms with Crippen molar-refractivity contribution in [3.8, 4) is 6.07 Å². The van der Waals surface area contributed by atoms with E-state index in [4.69, 9.17) is 10.7 Å². The number of anilines is 1. The minimum Gasteiger partial charge on any atom is -0.384 e. The number of benzene rings is 2. The molecular weight excluding hydrogens is 408 g/mol. The average molecular weight is 427 g/mol. The van der Waals surface area contributed by atoms with E-state index in [9.17, 15) is 10.1 Å². The van der Waals surface area contributed by atoms with Crippen molar-refractivity contribution >= 4 is 34.2 Å². The van der Waals surface area contributed by atoms with Crippen molar-refractivity contribution < 1.29 is 4.79 Å². The number of aliphatic imine (C=N–C) groups is 1. The summed E-state index contributed by atoms with van der Waals surface area (Å²) in [6.45, 7) is 1.83. The van der Waals surface area contributed by atoms with Gasteiger partial charge in [0.1, 0.15) is 23.8 Å². The Morgan fingerprint density at radius 1 is 1.10 bits per heavy atom. The molecule has 0 bridgehead atoms. The molecule has 8 heteroatoms. The predicted octanol–water partition coefficient (Wildman–Crippen LogP) is 3.72. The Labute approximate surface area is 183 Å². The van der Waals surface area contributed by atoms with E-state index in [0.717, 1.165) is 5.56 Å². The van der Waals surface area contributed by atoms with Gasteiger partial charge in [-0.1, -0.05) is 60.3 Å². The Morgan fingerprint density at radius 2 is 1.77 bits per heavy atom. The quantitative estimate of drug-likeness (QED) is 0.807. The maximum Gasteiger partial charge on any atom is 0.262 e. The topological polar surface area (TPSA) is 98.1 Å². The first-order chi connectivity index (χ1) is 15.1. The first kappa shape index (κ1) is 19.2. The van der Waals surface area contributed by atoms with Crippen LogP contribution in [0.25, 0.3) is 0 Å². The number of rotatable bonds is 3. The summed E-state index contributed by atoms with van der Waals surface area (Å²) >= 11 is 1.40. The number of nitrogens with two attached hydrogens (primary N) is 1. The van der Waals surface area contributed by atoms with E-state index in [-0.39, 0.29) is 5.91 Å². The number of hydrogen-bond acceptors (Lipinski definition) is 7. The van der Waals surface area contributed by atoms with Gasteiger partial charge in [-0.2, -0.15) is 15.4 Å². The van der Waals surface area contributed by atoms with Crippen molar-refractivity contribution in [3.63, 3.8) is 0 Å². The molecule has 2 atom stereocenters. The SMILES string of the molecule is CC1=NN(c2ccccc2)C(=O)C1C1=CSC2=NC(c3ccccc3)C(C#N)=C(N)N12. The van der Waals surface area contributed by atoms with Crippen molar-refractivity contribution in [2.75, 3.05) is 5.01 Å². The van der Waals surface area contributed by atoms with E-state index in [1.54, 1.807) is 4.90 Å². The molecule has 2 unspecified atom stereocenters. The van der Waals surface area contributed by atoms with Crippen molar-refractivity contribution in [1.29, 1.82) is 5.26 Å². The molecule has 2 N–H and O–H groups in total. The fraction of sp³-hybridized carbons (Fsp3) is 0.130. The molecule has 3 aliphatic rings. The molecule has 5 rings (SSSR count). The molecule has 0 fully saturated rings. The van der Waals surface area contributed by atoms with Gasteiger partial charge in [0.2, 0.25) is 0 Å². The minimum absolute atomic E-state index is 0.159. The number of hydrogen-bond donors (Lipinski definition) is 1. The lowest BCUT2D eigenvalue weighted by Crippen LogP contribution is -2.39. The van der Waals surface area contributed by atoms with Gasteiger partial charge < -0.3 is 5.73 Å². The second-order valence-corrected chi connectivity index (χ2v) is 8.13. The molecule has 152 valence electrons. The van der Waals surface area contributed by atoms with Gasteiger partial charge in [0.25, 0.3) is 5.91 Å². The Morgan fingerprint density at radius 3 is 2.45 bits per heavy atom. The summed E-state index contributed by atoms with van der Waals surface area (Å²) in [5.41, 5.74) is 9.78. The van der Waals surface area contributed by atoms with Crippen LogP contribution in [0.15, 0.2) is 93.3 Å². The van der Waals surface area contributed by atoms with Crippen LogP contribution in [0.4, 0.5) is 5.69 Å². The number of carbonyl (C=O) groups is 1. The lowest BCUT2D eigenvalue weighted by molar-refractivity contribution is -0.119. The highest BCUT2D eigenvalue weighted by Gasteiger charge is 2.45. The average Bonchev–Trinajstić information content (AvgIpc) is 3.35. The first-order valence-electron chi connectivity index (χ1n) is 9.73.